The van der Waals surface area contributed by atoms with Gasteiger partial charge in [-0.15, -0.1) is 0 Å². The summed E-state index contributed by atoms with van der Waals surface area (Å²) in [5.41, 5.74) is 14.3. The van der Waals surface area contributed by atoms with E-state index in [1.54, 1.807) is 0 Å². The van der Waals surface area contributed by atoms with E-state index in [1.165, 1.54) is 71.6 Å². The van der Waals surface area contributed by atoms with Gasteiger partial charge in [0.05, 0.1) is 22.1 Å². The Kier molecular flexibility index (Phi) is 4.91. The van der Waals surface area contributed by atoms with Crippen LogP contribution in [0.25, 0.3) is 88.1 Å². The van der Waals surface area contributed by atoms with Gasteiger partial charge in [0.15, 0.2) is 0 Å². The smallest absolute Gasteiger partial charge is 0.137 e. The van der Waals surface area contributed by atoms with Crippen LogP contribution in [0.4, 0.5) is 0 Å². The molecule has 3 heterocycles. The molecule has 0 amide bonds. The second kappa shape index (κ2) is 9.05. The molecular weight excluding hydrogens is 585 g/mol. The van der Waals surface area contributed by atoms with Crippen LogP contribution in [0.3, 0.4) is 0 Å². The van der Waals surface area contributed by atoms with Gasteiger partial charge in [0.25, 0.3) is 0 Å². The molecule has 1 aliphatic rings. The van der Waals surface area contributed by atoms with Gasteiger partial charge in [0.1, 0.15) is 11.2 Å². The van der Waals surface area contributed by atoms with Crippen LogP contribution in [0.2, 0.25) is 0 Å². The van der Waals surface area contributed by atoms with Crippen LogP contribution in [0, 0.1) is 0 Å². The first-order valence-corrected chi connectivity index (χ1v) is 16.7. The van der Waals surface area contributed by atoms with Gasteiger partial charge in [-0.1, -0.05) is 105 Å². The summed E-state index contributed by atoms with van der Waals surface area (Å²) in [4.78, 5) is 0. The third-order valence-corrected chi connectivity index (χ3v) is 10.9. The second-order valence-corrected chi connectivity index (χ2v) is 13.7. The van der Waals surface area contributed by atoms with Crippen molar-refractivity contribution in [3.05, 3.63) is 157 Å². The van der Waals surface area contributed by atoms with Crippen molar-refractivity contribution < 1.29 is 4.42 Å². The first-order chi connectivity index (χ1) is 23.6. The van der Waals surface area contributed by atoms with Crippen molar-refractivity contribution in [1.29, 1.82) is 0 Å². The Hall–Kier alpha value is -6.06. The standard InChI is InChI=1S/C45H30N2O/c1-45(2)36-15-7-3-11-29(36)30-21-19-27(25-37(30)45)46-39-17-9-5-14-35(39)43-40(46)24-23-34-31-12-4-8-16-38(31)47(44(34)43)28-20-22-33-32-13-6-10-18-41(32)48-42(33)26-28/h3-26H,1-2H3. The number of aromatic nitrogens is 2. The molecular formula is C45H30N2O. The highest BCUT2D eigenvalue weighted by molar-refractivity contribution is 6.26. The number of hydrogen-bond acceptors (Lipinski definition) is 1. The monoisotopic (exact) mass is 614 g/mol. The number of benzene rings is 7. The molecule has 0 unspecified atom stereocenters. The maximum Gasteiger partial charge on any atom is 0.137 e. The summed E-state index contributed by atoms with van der Waals surface area (Å²) < 4.78 is 11.3. The van der Waals surface area contributed by atoms with Crippen molar-refractivity contribution in [2.75, 3.05) is 0 Å². The summed E-state index contributed by atoms with van der Waals surface area (Å²) in [5, 5.41) is 7.28. The average molecular weight is 615 g/mol. The minimum Gasteiger partial charge on any atom is -0.456 e. The lowest BCUT2D eigenvalue weighted by atomic mass is 9.82. The zero-order valence-electron chi connectivity index (χ0n) is 26.7. The van der Waals surface area contributed by atoms with E-state index in [0.717, 1.165) is 27.6 Å². The number of furan rings is 1. The molecule has 0 atom stereocenters. The highest BCUT2D eigenvalue weighted by Crippen LogP contribution is 2.50. The van der Waals surface area contributed by atoms with Gasteiger partial charge in [-0.05, 0) is 70.8 Å². The first kappa shape index (κ1) is 26.1. The van der Waals surface area contributed by atoms with Gasteiger partial charge in [-0.2, -0.15) is 0 Å². The van der Waals surface area contributed by atoms with E-state index < -0.39 is 0 Å². The molecule has 48 heavy (non-hydrogen) atoms. The highest BCUT2D eigenvalue weighted by atomic mass is 16.3. The van der Waals surface area contributed by atoms with Crippen LogP contribution in [-0.2, 0) is 5.41 Å². The lowest BCUT2D eigenvalue weighted by molar-refractivity contribution is 0.660. The van der Waals surface area contributed by atoms with E-state index in [9.17, 15) is 0 Å². The third-order valence-electron chi connectivity index (χ3n) is 10.9. The first-order valence-electron chi connectivity index (χ1n) is 16.7. The molecule has 0 radical (unpaired) electrons. The van der Waals surface area contributed by atoms with E-state index >= 15 is 0 Å². The Bertz CT molecular complexity index is 2980. The molecule has 3 heteroatoms. The summed E-state index contributed by atoms with van der Waals surface area (Å²) in [6.45, 7) is 4.71. The molecule has 11 rings (SSSR count). The molecule has 0 spiro atoms. The number of para-hydroxylation sites is 3. The van der Waals surface area contributed by atoms with Crippen LogP contribution in [0.5, 0.6) is 0 Å². The molecule has 0 saturated heterocycles. The Morgan fingerprint density at radius 2 is 1.06 bits per heavy atom. The molecule has 0 bridgehead atoms. The fourth-order valence-electron chi connectivity index (χ4n) is 8.74. The Balaban J connectivity index is 1.24. The van der Waals surface area contributed by atoms with Gasteiger partial charge >= 0.3 is 0 Å². The minimum atomic E-state index is -0.0737. The lowest BCUT2D eigenvalue weighted by Crippen LogP contribution is -2.15. The molecule has 0 saturated carbocycles. The van der Waals surface area contributed by atoms with Gasteiger partial charge in [0.2, 0.25) is 0 Å². The van der Waals surface area contributed by atoms with Crippen LogP contribution < -0.4 is 0 Å². The number of fused-ring (bicyclic) bond motifs is 13. The summed E-state index contributed by atoms with van der Waals surface area (Å²) in [5.74, 6) is 0. The van der Waals surface area contributed by atoms with E-state index in [1.807, 2.05) is 12.1 Å². The molecule has 10 aromatic rings. The maximum atomic E-state index is 6.39. The summed E-state index contributed by atoms with van der Waals surface area (Å²) in [7, 11) is 0. The van der Waals surface area contributed by atoms with Crippen LogP contribution in [0.1, 0.15) is 25.0 Å². The fourth-order valence-corrected chi connectivity index (χ4v) is 8.74. The highest BCUT2D eigenvalue weighted by Gasteiger charge is 2.35. The van der Waals surface area contributed by atoms with E-state index in [4.69, 9.17) is 4.42 Å². The van der Waals surface area contributed by atoms with Crippen LogP contribution in [-0.4, -0.2) is 9.13 Å². The molecule has 0 aliphatic heterocycles. The molecule has 3 nitrogen and oxygen atoms in total. The third kappa shape index (κ3) is 3.23. The number of rotatable bonds is 2. The van der Waals surface area contributed by atoms with Gasteiger partial charge in [0, 0.05) is 55.2 Å². The van der Waals surface area contributed by atoms with Gasteiger partial charge < -0.3 is 13.6 Å². The average Bonchev–Trinajstić information content (AvgIpc) is 3.83. The maximum absolute atomic E-state index is 6.39. The lowest BCUT2D eigenvalue weighted by Gasteiger charge is -2.22. The molecule has 3 aromatic heterocycles. The minimum absolute atomic E-state index is 0.0737. The van der Waals surface area contributed by atoms with Crippen molar-refractivity contribution in [1.82, 2.24) is 9.13 Å². The topological polar surface area (TPSA) is 23.0 Å². The van der Waals surface area contributed by atoms with Crippen LogP contribution >= 0.6 is 0 Å². The molecule has 226 valence electrons. The predicted molar refractivity (Wildman–Crippen MR) is 200 cm³/mol. The molecule has 7 aromatic carbocycles. The van der Waals surface area contributed by atoms with E-state index in [0.29, 0.717) is 0 Å². The Morgan fingerprint density at radius 3 is 1.94 bits per heavy atom. The van der Waals surface area contributed by atoms with Gasteiger partial charge in [-0.25, -0.2) is 0 Å². The number of hydrogen-bond donors (Lipinski definition) is 0. The zero-order valence-corrected chi connectivity index (χ0v) is 26.7. The van der Waals surface area contributed by atoms with Crippen molar-refractivity contribution in [3.8, 4) is 22.5 Å². The summed E-state index contributed by atoms with van der Waals surface area (Å²) in [6.07, 6.45) is 0. The number of nitrogens with zero attached hydrogens (tertiary/aromatic N) is 2. The molecule has 1 aliphatic carbocycles. The van der Waals surface area contributed by atoms with Crippen molar-refractivity contribution in [2.24, 2.45) is 0 Å². The Morgan fingerprint density at radius 1 is 0.438 bits per heavy atom. The summed E-state index contributed by atoms with van der Waals surface area (Å²) >= 11 is 0. The molecule has 0 fully saturated rings. The SMILES string of the molecule is CC1(C)c2ccccc2-c2ccc(-n3c4ccccc4c4c3ccc3c5ccccc5n(-c5ccc6c(c5)oc5ccccc56)c34)cc21. The zero-order chi connectivity index (χ0) is 31.7. The predicted octanol–water partition coefficient (Wildman–Crippen LogP) is 12.1. The second-order valence-electron chi connectivity index (χ2n) is 13.7. The largest absolute Gasteiger partial charge is 0.456 e. The van der Waals surface area contributed by atoms with E-state index in [2.05, 4.69) is 156 Å². The van der Waals surface area contributed by atoms with Crippen LogP contribution in [0.15, 0.2) is 150 Å². The quantitative estimate of drug-likeness (QED) is 0.190. The van der Waals surface area contributed by atoms with Crippen molar-refractivity contribution in [2.45, 2.75) is 19.3 Å². The van der Waals surface area contributed by atoms with Crippen molar-refractivity contribution >= 4 is 65.6 Å². The van der Waals surface area contributed by atoms with E-state index in [-0.39, 0.29) is 5.41 Å². The normalized spacial score (nSPS) is 13.8. The van der Waals surface area contributed by atoms with Gasteiger partial charge in [-0.3, -0.25) is 0 Å². The van der Waals surface area contributed by atoms with Crippen molar-refractivity contribution in [3.63, 3.8) is 0 Å². The molecule has 0 N–H and O–H groups in total. The fraction of sp³-hybridized carbons (Fsp3) is 0.0667. The summed E-state index contributed by atoms with van der Waals surface area (Å²) in [6, 6.07) is 53.2. The Labute approximate surface area is 276 Å².